The van der Waals surface area contributed by atoms with Gasteiger partial charge in [-0.2, -0.15) is 0 Å². The van der Waals surface area contributed by atoms with Gasteiger partial charge in [-0.15, -0.1) is 0 Å². The van der Waals surface area contributed by atoms with Crippen molar-refractivity contribution in [3.63, 3.8) is 0 Å². The summed E-state index contributed by atoms with van der Waals surface area (Å²) >= 11 is 0. The molecule has 1 heterocycles. The molecule has 2 rings (SSSR count). The molecule has 1 saturated heterocycles. The van der Waals surface area contributed by atoms with Crippen molar-refractivity contribution >= 4 is 0 Å². The van der Waals surface area contributed by atoms with E-state index in [-0.39, 0.29) is 0 Å². The van der Waals surface area contributed by atoms with Crippen LogP contribution < -0.4 is 5.73 Å². The normalized spacial score (nSPS) is 26.3. The molecule has 2 nitrogen and oxygen atoms in total. The van der Waals surface area contributed by atoms with Crippen LogP contribution in [0.25, 0.3) is 0 Å². The van der Waals surface area contributed by atoms with Crippen LogP contribution in [0.1, 0.15) is 56.7 Å². The maximum Gasteiger partial charge on any atom is 0.0351 e. The highest BCUT2D eigenvalue weighted by Gasteiger charge is 2.32. The molecule has 2 heteroatoms. The van der Waals surface area contributed by atoms with Crippen LogP contribution in [0.2, 0.25) is 0 Å². The van der Waals surface area contributed by atoms with Gasteiger partial charge >= 0.3 is 0 Å². The summed E-state index contributed by atoms with van der Waals surface area (Å²) in [7, 11) is 0. The molecule has 0 amide bonds. The molecule has 2 N–H and O–H groups in total. The van der Waals surface area contributed by atoms with Crippen molar-refractivity contribution in [1.82, 2.24) is 4.90 Å². The minimum absolute atomic E-state index is 0.518. The third kappa shape index (κ3) is 3.18. The van der Waals surface area contributed by atoms with Crippen LogP contribution in [0, 0.1) is 6.92 Å². The van der Waals surface area contributed by atoms with Crippen LogP contribution in [0.5, 0.6) is 0 Å². The lowest BCUT2D eigenvalue weighted by molar-refractivity contribution is 0.0472. The topological polar surface area (TPSA) is 29.3 Å². The zero-order valence-electron chi connectivity index (χ0n) is 12.6. The Kier molecular flexibility index (Phi) is 5.00. The first-order chi connectivity index (χ1) is 9.17. The summed E-state index contributed by atoms with van der Waals surface area (Å²) in [5.41, 5.74) is 8.79. The molecule has 1 fully saturated rings. The van der Waals surface area contributed by atoms with Crippen molar-refractivity contribution in [1.29, 1.82) is 0 Å². The number of nitrogens with two attached hydrogens (primary N) is 1. The van der Waals surface area contributed by atoms with E-state index in [1.165, 1.54) is 30.4 Å². The van der Waals surface area contributed by atoms with Gasteiger partial charge in [-0.25, -0.2) is 0 Å². The van der Waals surface area contributed by atoms with E-state index in [1.807, 2.05) is 0 Å². The van der Waals surface area contributed by atoms with Crippen molar-refractivity contribution in [2.45, 2.75) is 64.6 Å². The molecular weight excluding hydrogens is 232 g/mol. The zero-order chi connectivity index (χ0) is 13.8. The Morgan fingerprint density at radius 3 is 2.53 bits per heavy atom. The molecule has 1 aromatic rings. The average molecular weight is 260 g/mol. The van der Waals surface area contributed by atoms with Gasteiger partial charge in [-0.05, 0) is 38.7 Å². The fourth-order valence-corrected chi connectivity index (χ4v) is 3.52. The molecule has 0 bridgehead atoms. The number of benzene rings is 1. The Morgan fingerprint density at radius 2 is 1.95 bits per heavy atom. The first-order valence-electron chi connectivity index (χ1n) is 7.71. The van der Waals surface area contributed by atoms with Crippen molar-refractivity contribution < 1.29 is 0 Å². The summed E-state index contributed by atoms with van der Waals surface area (Å²) < 4.78 is 0. The molecule has 0 saturated carbocycles. The smallest absolute Gasteiger partial charge is 0.0351 e. The Labute approximate surface area is 118 Å². The number of piperidine rings is 1. The standard InChI is InChI=1S/C17H28N2/c1-4-17(15-10-8-13(2)9-11-15)19-14(3)6-5-7-16(19)12-18/h8-11,14,16-17H,4-7,12,18H2,1-3H3. The van der Waals surface area contributed by atoms with Crippen molar-refractivity contribution in [3.8, 4) is 0 Å². The summed E-state index contributed by atoms with van der Waals surface area (Å²) in [5, 5.41) is 0. The Balaban J connectivity index is 2.25. The van der Waals surface area contributed by atoms with E-state index in [4.69, 9.17) is 5.73 Å². The van der Waals surface area contributed by atoms with E-state index in [0.717, 1.165) is 13.0 Å². The van der Waals surface area contributed by atoms with Crippen LogP contribution in [0.4, 0.5) is 0 Å². The molecule has 0 radical (unpaired) electrons. The van der Waals surface area contributed by atoms with Crippen molar-refractivity contribution in [2.24, 2.45) is 5.73 Å². The minimum Gasteiger partial charge on any atom is -0.329 e. The second kappa shape index (κ2) is 6.53. The molecular formula is C17H28N2. The van der Waals surface area contributed by atoms with Crippen molar-refractivity contribution in [3.05, 3.63) is 35.4 Å². The zero-order valence-corrected chi connectivity index (χ0v) is 12.6. The van der Waals surface area contributed by atoms with Gasteiger partial charge in [0.2, 0.25) is 0 Å². The average Bonchev–Trinajstić information content (AvgIpc) is 2.43. The molecule has 1 aliphatic heterocycles. The first kappa shape index (κ1) is 14.5. The minimum atomic E-state index is 0.518. The first-order valence-corrected chi connectivity index (χ1v) is 7.71. The predicted molar refractivity (Wildman–Crippen MR) is 82.2 cm³/mol. The number of likely N-dealkylation sites (tertiary alicyclic amines) is 1. The highest BCUT2D eigenvalue weighted by molar-refractivity contribution is 5.24. The maximum absolute atomic E-state index is 6.01. The Bertz CT molecular complexity index is 385. The second-order valence-corrected chi connectivity index (χ2v) is 5.95. The highest BCUT2D eigenvalue weighted by atomic mass is 15.2. The van der Waals surface area contributed by atoms with Gasteiger partial charge < -0.3 is 5.73 Å². The lowest BCUT2D eigenvalue weighted by Gasteiger charge is -2.45. The van der Waals surface area contributed by atoms with E-state index in [9.17, 15) is 0 Å². The predicted octanol–water partition coefficient (Wildman–Crippen LogP) is 3.65. The molecule has 3 unspecified atom stereocenters. The lowest BCUT2D eigenvalue weighted by Crippen LogP contribution is -2.50. The van der Waals surface area contributed by atoms with Crippen LogP contribution in [-0.2, 0) is 0 Å². The molecule has 1 aliphatic rings. The number of rotatable bonds is 4. The van der Waals surface area contributed by atoms with E-state index in [1.54, 1.807) is 0 Å². The molecule has 3 atom stereocenters. The van der Waals surface area contributed by atoms with Crippen molar-refractivity contribution in [2.75, 3.05) is 6.54 Å². The van der Waals surface area contributed by atoms with Crippen LogP contribution >= 0.6 is 0 Å². The van der Waals surface area contributed by atoms with Gasteiger partial charge in [0.15, 0.2) is 0 Å². The van der Waals surface area contributed by atoms with Gasteiger partial charge in [0, 0.05) is 24.7 Å². The SMILES string of the molecule is CCC(c1ccc(C)cc1)N1C(C)CCCC1CN. The Hall–Kier alpha value is -0.860. The summed E-state index contributed by atoms with van der Waals surface area (Å²) in [5.74, 6) is 0. The molecule has 0 aliphatic carbocycles. The quantitative estimate of drug-likeness (QED) is 0.895. The Morgan fingerprint density at radius 1 is 1.26 bits per heavy atom. The molecule has 0 aromatic heterocycles. The fraction of sp³-hybridized carbons (Fsp3) is 0.647. The fourth-order valence-electron chi connectivity index (χ4n) is 3.52. The monoisotopic (exact) mass is 260 g/mol. The van der Waals surface area contributed by atoms with Gasteiger partial charge in [0.05, 0.1) is 0 Å². The summed E-state index contributed by atoms with van der Waals surface area (Å²) in [6, 6.07) is 10.7. The van der Waals surface area contributed by atoms with Crippen LogP contribution in [0.15, 0.2) is 24.3 Å². The molecule has 1 aromatic carbocycles. The van der Waals surface area contributed by atoms with E-state index < -0.39 is 0 Å². The van der Waals surface area contributed by atoms with Crippen LogP contribution in [0.3, 0.4) is 0 Å². The van der Waals surface area contributed by atoms with E-state index in [0.29, 0.717) is 18.1 Å². The van der Waals surface area contributed by atoms with Crippen LogP contribution in [-0.4, -0.2) is 23.5 Å². The van der Waals surface area contributed by atoms with Gasteiger partial charge in [-0.1, -0.05) is 43.2 Å². The molecule has 19 heavy (non-hydrogen) atoms. The number of hydrogen-bond donors (Lipinski definition) is 1. The summed E-state index contributed by atoms with van der Waals surface area (Å²) in [4.78, 5) is 2.67. The highest BCUT2D eigenvalue weighted by Crippen LogP contribution is 2.34. The maximum atomic E-state index is 6.01. The lowest BCUT2D eigenvalue weighted by atomic mass is 9.90. The largest absolute Gasteiger partial charge is 0.329 e. The van der Waals surface area contributed by atoms with Gasteiger partial charge in [0.1, 0.15) is 0 Å². The molecule has 0 spiro atoms. The summed E-state index contributed by atoms with van der Waals surface area (Å²) in [6.45, 7) is 7.59. The number of hydrogen-bond acceptors (Lipinski definition) is 2. The second-order valence-electron chi connectivity index (χ2n) is 5.95. The van der Waals surface area contributed by atoms with E-state index >= 15 is 0 Å². The third-order valence-electron chi connectivity index (χ3n) is 4.57. The van der Waals surface area contributed by atoms with Gasteiger partial charge in [-0.3, -0.25) is 4.90 Å². The van der Waals surface area contributed by atoms with Gasteiger partial charge in [0.25, 0.3) is 0 Å². The summed E-state index contributed by atoms with van der Waals surface area (Å²) in [6.07, 6.45) is 5.04. The molecule has 106 valence electrons. The number of nitrogens with zero attached hydrogens (tertiary/aromatic N) is 1. The number of aryl methyl sites for hydroxylation is 1. The third-order valence-corrected chi connectivity index (χ3v) is 4.57. The van der Waals surface area contributed by atoms with E-state index in [2.05, 4.69) is 49.9 Å².